The van der Waals surface area contributed by atoms with E-state index in [1.165, 1.54) is 18.4 Å². The van der Waals surface area contributed by atoms with Crippen molar-refractivity contribution in [3.05, 3.63) is 52.2 Å². The Morgan fingerprint density at radius 1 is 1.27 bits per heavy atom. The van der Waals surface area contributed by atoms with Gasteiger partial charge in [-0.1, -0.05) is 18.2 Å². The highest BCUT2D eigenvalue weighted by atomic mass is 32.1. The maximum Gasteiger partial charge on any atom is 0.330 e. The van der Waals surface area contributed by atoms with E-state index in [1.807, 2.05) is 17.5 Å². The molecule has 0 saturated heterocycles. The van der Waals surface area contributed by atoms with Crippen LogP contribution in [0.1, 0.15) is 29.3 Å². The number of carboxylic acid groups (broad SMARTS) is 1. The van der Waals surface area contributed by atoms with Crippen LogP contribution in [-0.2, 0) is 9.59 Å². The number of carbonyl (C=O) groups excluding carboxylic acids is 1. The summed E-state index contributed by atoms with van der Waals surface area (Å²) in [6, 6.07) is 9.28. The molecule has 0 saturated carbocycles. The Labute approximate surface area is 132 Å². The maximum absolute atomic E-state index is 12.3. The Morgan fingerprint density at radius 2 is 2.05 bits per heavy atom. The molecule has 1 aromatic carbocycles. The molecule has 2 N–H and O–H groups in total. The third-order valence-electron chi connectivity index (χ3n) is 3.32. The first-order valence-electron chi connectivity index (χ1n) is 6.73. The third-order valence-corrected chi connectivity index (χ3v) is 4.38. The molecule has 1 aromatic heterocycles. The number of aliphatic carboxylic acids is 1. The number of carbonyl (C=O) groups is 2. The Kier molecular flexibility index (Phi) is 5.16. The van der Waals surface area contributed by atoms with Crippen molar-refractivity contribution in [1.29, 1.82) is 0 Å². The Bertz CT molecular complexity index is 654. The highest BCUT2D eigenvalue weighted by Gasteiger charge is 2.25. The molecule has 6 heteroatoms. The summed E-state index contributed by atoms with van der Waals surface area (Å²) < 4.78 is 5.09. The van der Waals surface area contributed by atoms with Gasteiger partial charge < -0.3 is 15.2 Å². The molecule has 0 aliphatic rings. The lowest BCUT2D eigenvalue weighted by molar-refractivity contribution is -0.142. The van der Waals surface area contributed by atoms with Crippen molar-refractivity contribution >= 4 is 23.2 Å². The molecule has 0 spiro atoms. The van der Waals surface area contributed by atoms with Gasteiger partial charge in [0.2, 0.25) is 5.91 Å². The maximum atomic E-state index is 12.3. The zero-order valence-corrected chi connectivity index (χ0v) is 13.1. The van der Waals surface area contributed by atoms with Crippen molar-refractivity contribution in [1.82, 2.24) is 5.32 Å². The van der Waals surface area contributed by atoms with E-state index < -0.39 is 17.9 Å². The van der Waals surface area contributed by atoms with Crippen LogP contribution >= 0.6 is 11.3 Å². The molecule has 0 fully saturated rings. The second-order valence-electron chi connectivity index (χ2n) is 4.79. The van der Waals surface area contributed by atoms with Gasteiger partial charge in [0.15, 0.2) is 6.04 Å². The first kappa shape index (κ1) is 16.0. The van der Waals surface area contributed by atoms with Gasteiger partial charge in [0.05, 0.1) is 13.0 Å². The van der Waals surface area contributed by atoms with Gasteiger partial charge in [0.1, 0.15) is 5.75 Å². The van der Waals surface area contributed by atoms with Crippen molar-refractivity contribution in [3.8, 4) is 5.75 Å². The van der Waals surface area contributed by atoms with Crippen LogP contribution in [0, 0.1) is 0 Å². The van der Waals surface area contributed by atoms with Crippen LogP contribution in [0.3, 0.4) is 0 Å². The third kappa shape index (κ3) is 3.65. The molecule has 22 heavy (non-hydrogen) atoms. The van der Waals surface area contributed by atoms with E-state index in [9.17, 15) is 14.7 Å². The van der Waals surface area contributed by atoms with Crippen LogP contribution < -0.4 is 10.1 Å². The van der Waals surface area contributed by atoms with Crippen LogP contribution in [0.2, 0.25) is 0 Å². The van der Waals surface area contributed by atoms with Gasteiger partial charge in [-0.2, -0.15) is 0 Å². The second-order valence-corrected chi connectivity index (χ2v) is 5.77. The molecule has 2 atom stereocenters. The number of ether oxygens (including phenoxy) is 1. The lowest BCUT2D eigenvalue weighted by atomic mass is 10.0. The number of nitrogens with one attached hydrogen (secondary N) is 1. The van der Waals surface area contributed by atoms with Gasteiger partial charge in [0, 0.05) is 4.88 Å². The number of hydrogen-bond acceptors (Lipinski definition) is 4. The van der Waals surface area contributed by atoms with Gasteiger partial charge in [0.25, 0.3) is 0 Å². The van der Waals surface area contributed by atoms with Gasteiger partial charge >= 0.3 is 5.97 Å². The van der Waals surface area contributed by atoms with Crippen LogP contribution in [-0.4, -0.2) is 24.1 Å². The van der Waals surface area contributed by atoms with Crippen molar-refractivity contribution in [2.24, 2.45) is 0 Å². The molecule has 5 nitrogen and oxygen atoms in total. The molecular weight excluding hydrogens is 302 g/mol. The van der Waals surface area contributed by atoms with Gasteiger partial charge in [-0.05, 0) is 36.1 Å². The molecule has 1 amide bonds. The van der Waals surface area contributed by atoms with Gasteiger partial charge in [-0.15, -0.1) is 11.3 Å². The Hall–Kier alpha value is -2.34. The van der Waals surface area contributed by atoms with Crippen LogP contribution in [0.4, 0.5) is 0 Å². The number of methoxy groups -OCH3 is 1. The van der Waals surface area contributed by atoms with Crippen LogP contribution in [0.15, 0.2) is 41.8 Å². The van der Waals surface area contributed by atoms with Crippen molar-refractivity contribution in [2.75, 3.05) is 7.11 Å². The summed E-state index contributed by atoms with van der Waals surface area (Å²) in [6.45, 7) is 1.76. The summed E-state index contributed by atoms with van der Waals surface area (Å²) in [7, 11) is 1.51. The molecular formula is C16H17NO4S. The molecule has 1 heterocycles. The molecule has 0 bridgehead atoms. The van der Waals surface area contributed by atoms with E-state index in [4.69, 9.17) is 4.74 Å². The van der Waals surface area contributed by atoms with Crippen LogP contribution in [0.25, 0.3) is 0 Å². The van der Waals surface area contributed by atoms with E-state index in [0.29, 0.717) is 11.3 Å². The molecule has 0 aliphatic carbocycles. The lowest BCUT2D eigenvalue weighted by Gasteiger charge is -2.18. The van der Waals surface area contributed by atoms with E-state index >= 15 is 0 Å². The average molecular weight is 319 g/mol. The monoisotopic (exact) mass is 319 g/mol. The number of carboxylic acids is 1. The predicted molar refractivity (Wildman–Crippen MR) is 84.2 cm³/mol. The smallest absolute Gasteiger partial charge is 0.330 e. The summed E-state index contributed by atoms with van der Waals surface area (Å²) in [4.78, 5) is 24.7. The first-order chi connectivity index (χ1) is 10.5. The molecule has 116 valence electrons. The quantitative estimate of drug-likeness (QED) is 0.858. The summed E-state index contributed by atoms with van der Waals surface area (Å²) in [5.41, 5.74) is 0.471. The number of rotatable bonds is 6. The minimum absolute atomic E-state index is 0.322. The topological polar surface area (TPSA) is 75.6 Å². The number of amides is 1. The van der Waals surface area contributed by atoms with Crippen molar-refractivity contribution in [2.45, 2.75) is 18.9 Å². The van der Waals surface area contributed by atoms with Crippen LogP contribution in [0.5, 0.6) is 5.75 Å². The fourth-order valence-corrected chi connectivity index (χ4v) is 2.83. The lowest BCUT2D eigenvalue weighted by Crippen LogP contribution is -2.36. The SMILES string of the molecule is COc1cccc(C(NC(=O)C(C)c2cccs2)C(=O)O)c1. The summed E-state index contributed by atoms with van der Waals surface area (Å²) >= 11 is 1.47. The Balaban J connectivity index is 2.18. The summed E-state index contributed by atoms with van der Waals surface area (Å²) in [5, 5.41) is 13.9. The minimum Gasteiger partial charge on any atom is -0.497 e. The predicted octanol–water partition coefficient (Wildman–Crippen LogP) is 2.80. The molecule has 2 unspecified atom stereocenters. The van der Waals surface area contributed by atoms with E-state index in [0.717, 1.165) is 4.88 Å². The normalized spacial score (nSPS) is 13.2. The molecule has 2 rings (SSSR count). The van der Waals surface area contributed by atoms with E-state index in [2.05, 4.69) is 5.32 Å². The summed E-state index contributed by atoms with van der Waals surface area (Å²) in [6.07, 6.45) is 0. The number of thiophene rings is 1. The Morgan fingerprint density at radius 3 is 2.64 bits per heavy atom. The fraction of sp³-hybridized carbons (Fsp3) is 0.250. The average Bonchev–Trinajstić information content (AvgIpc) is 3.05. The van der Waals surface area contributed by atoms with E-state index in [-0.39, 0.29) is 5.91 Å². The van der Waals surface area contributed by atoms with Crippen molar-refractivity contribution in [3.63, 3.8) is 0 Å². The minimum atomic E-state index is -1.11. The number of hydrogen-bond donors (Lipinski definition) is 2. The highest BCUT2D eigenvalue weighted by Crippen LogP contribution is 2.24. The standard InChI is InChI=1S/C16H17NO4S/c1-10(13-7-4-8-22-13)15(18)17-14(16(19)20)11-5-3-6-12(9-11)21-2/h3-10,14H,1-2H3,(H,17,18)(H,19,20). The molecule has 0 radical (unpaired) electrons. The highest BCUT2D eigenvalue weighted by molar-refractivity contribution is 7.10. The summed E-state index contributed by atoms with van der Waals surface area (Å²) in [5.74, 6) is -1.28. The van der Waals surface area contributed by atoms with Gasteiger partial charge in [-0.25, -0.2) is 4.79 Å². The molecule has 0 aliphatic heterocycles. The zero-order chi connectivity index (χ0) is 16.1. The first-order valence-corrected chi connectivity index (χ1v) is 7.61. The zero-order valence-electron chi connectivity index (χ0n) is 12.3. The molecule has 2 aromatic rings. The van der Waals surface area contributed by atoms with Gasteiger partial charge in [-0.3, -0.25) is 4.79 Å². The number of benzene rings is 1. The van der Waals surface area contributed by atoms with E-state index in [1.54, 1.807) is 31.2 Å². The largest absolute Gasteiger partial charge is 0.497 e. The van der Waals surface area contributed by atoms with Crippen molar-refractivity contribution < 1.29 is 19.4 Å². The second kappa shape index (κ2) is 7.09. The fourth-order valence-electron chi connectivity index (χ4n) is 2.04.